The molecule has 1 rings (SSSR count). The van der Waals surface area contributed by atoms with Crippen LogP contribution in [-0.4, -0.2) is 0 Å². The second-order valence-corrected chi connectivity index (χ2v) is 3.21. The lowest BCUT2D eigenvalue weighted by Crippen LogP contribution is -2.12. The fraction of sp³-hybridized carbons (Fsp3) is 0.364. The van der Waals surface area contributed by atoms with E-state index in [1.165, 1.54) is 6.07 Å². The predicted octanol–water partition coefficient (Wildman–Crippen LogP) is 2.50. The fourth-order valence-corrected chi connectivity index (χ4v) is 1.43. The molecule has 0 aliphatic rings. The third-order valence-corrected chi connectivity index (χ3v) is 2.16. The predicted molar refractivity (Wildman–Crippen MR) is 53.0 cm³/mol. The van der Waals surface area contributed by atoms with Gasteiger partial charge in [0.25, 0.3) is 0 Å². The summed E-state index contributed by atoms with van der Waals surface area (Å²) in [6.45, 7) is 2.01. The maximum absolute atomic E-state index is 13.2. The number of benzene rings is 1. The molecule has 0 amide bonds. The molecular formula is C11H13FN2. The Morgan fingerprint density at radius 2 is 2.29 bits per heavy atom. The van der Waals surface area contributed by atoms with Crippen LogP contribution in [0.4, 0.5) is 4.39 Å². The highest BCUT2D eigenvalue weighted by molar-refractivity contribution is 5.40. The molecule has 0 saturated carbocycles. The molecule has 0 aliphatic heterocycles. The van der Waals surface area contributed by atoms with Gasteiger partial charge >= 0.3 is 0 Å². The first-order chi connectivity index (χ1) is 6.70. The van der Waals surface area contributed by atoms with E-state index in [0.29, 0.717) is 5.56 Å². The van der Waals surface area contributed by atoms with Gasteiger partial charge in [-0.1, -0.05) is 25.5 Å². The molecule has 1 aromatic carbocycles. The molecule has 74 valence electrons. The first-order valence-electron chi connectivity index (χ1n) is 4.64. The summed E-state index contributed by atoms with van der Waals surface area (Å²) in [6.07, 6.45) is 1.68. The van der Waals surface area contributed by atoms with Crippen molar-refractivity contribution in [1.82, 2.24) is 0 Å². The topological polar surface area (TPSA) is 49.8 Å². The number of rotatable bonds is 3. The average Bonchev–Trinajstić information content (AvgIpc) is 2.17. The van der Waals surface area contributed by atoms with Crippen molar-refractivity contribution in [2.24, 2.45) is 5.73 Å². The van der Waals surface area contributed by atoms with Crippen molar-refractivity contribution in [2.75, 3.05) is 0 Å². The van der Waals surface area contributed by atoms with Crippen molar-refractivity contribution in [3.05, 3.63) is 35.1 Å². The average molecular weight is 192 g/mol. The van der Waals surface area contributed by atoms with Crippen LogP contribution in [0.15, 0.2) is 18.2 Å². The smallest absolute Gasteiger partial charge is 0.141 e. The van der Waals surface area contributed by atoms with Crippen molar-refractivity contribution in [3.8, 4) is 6.07 Å². The highest BCUT2D eigenvalue weighted by atomic mass is 19.1. The van der Waals surface area contributed by atoms with Gasteiger partial charge in [0.05, 0.1) is 5.56 Å². The normalized spacial score (nSPS) is 12.1. The molecule has 0 saturated heterocycles. The van der Waals surface area contributed by atoms with Gasteiger partial charge in [-0.15, -0.1) is 0 Å². The van der Waals surface area contributed by atoms with Crippen LogP contribution in [0.3, 0.4) is 0 Å². The van der Waals surface area contributed by atoms with Gasteiger partial charge in [-0.2, -0.15) is 5.26 Å². The number of nitrogens with zero attached hydrogens (tertiary/aromatic N) is 1. The number of halogens is 1. The Labute approximate surface area is 83.2 Å². The van der Waals surface area contributed by atoms with Crippen LogP contribution >= 0.6 is 0 Å². The lowest BCUT2D eigenvalue weighted by Gasteiger charge is -2.12. The van der Waals surface area contributed by atoms with E-state index < -0.39 is 5.82 Å². The zero-order valence-corrected chi connectivity index (χ0v) is 8.13. The highest BCUT2D eigenvalue weighted by Crippen LogP contribution is 2.21. The Morgan fingerprint density at radius 1 is 1.57 bits per heavy atom. The van der Waals surface area contributed by atoms with Crippen molar-refractivity contribution < 1.29 is 4.39 Å². The van der Waals surface area contributed by atoms with Crippen LogP contribution in [0.1, 0.15) is 36.9 Å². The standard InChI is InChI=1S/C11H13FN2/c1-2-4-11(14)8-5-3-6-10(12)9(8)7-13/h3,5-6,11H,2,4,14H2,1H3/t11-/m1/s1. The van der Waals surface area contributed by atoms with Crippen molar-refractivity contribution >= 4 is 0 Å². The first kappa shape index (κ1) is 10.7. The molecule has 1 atom stereocenters. The molecule has 0 aromatic heterocycles. The van der Waals surface area contributed by atoms with E-state index >= 15 is 0 Å². The summed E-state index contributed by atoms with van der Waals surface area (Å²) in [6, 6.07) is 6.18. The van der Waals surface area contributed by atoms with Crippen molar-refractivity contribution in [3.63, 3.8) is 0 Å². The zero-order valence-electron chi connectivity index (χ0n) is 8.13. The van der Waals surface area contributed by atoms with E-state index in [2.05, 4.69) is 0 Å². The number of hydrogen-bond donors (Lipinski definition) is 1. The molecule has 2 nitrogen and oxygen atoms in total. The third kappa shape index (κ3) is 2.09. The minimum Gasteiger partial charge on any atom is -0.324 e. The Balaban J connectivity index is 3.08. The maximum Gasteiger partial charge on any atom is 0.141 e. The molecule has 1 aromatic rings. The molecule has 0 spiro atoms. The van der Waals surface area contributed by atoms with Gasteiger partial charge in [0.2, 0.25) is 0 Å². The molecule has 0 radical (unpaired) electrons. The minimum absolute atomic E-state index is 0.0773. The molecular weight excluding hydrogens is 179 g/mol. The van der Waals surface area contributed by atoms with E-state index in [4.69, 9.17) is 11.0 Å². The van der Waals surface area contributed by atoms with E-state index in [-0.39, 0.29) is 11.6 Å². The summed E-state index contributed by atoms with van der Waals surface area (Å²) in [4.78, 5) is 0. The first-order valence-corrected chi connectivity index (χ1v) is 4.64. The lowest BCUT2D eigenvalue weighted by molar-refractivity contribution is 0.600. The van der Waals surface area contributed by atoms with Crippen LogP contribution in [-0.2, 0) is 0 Å². The molecule has 0 aliphatic carbocycles. The summed E-state index contributed by atoms with van der Waals surface area (Å²) in [5.74, 6) is -0.489. The van der Waals surface area contributed by atoms with Crippen LogP contribution < -0.4 is 5.73 Å². The van der Waals surface area contributed by atoms with Gasteiger partial charge in [-0.3, -0.25) is 0 Å². The van der Waals surface area contributed by atoms with Crippen molar-refractivity contribution in [1.29, 1.82) is 5.26 Å². The summed E-state index contributed by atoms with van der Waals surface area (Å²) >= 11 is 0. The summed E-state index contributed by atoms with van der Waals surface area (Å²) in [5.41, 5.74) is 6.52. The van der Waals surface area contributed by atoms with E-state index in [9.17, 15) is 4.39 Å². The Kier molecular flexibility index (Phi) is 3.61. The minimum atomic E-state index is -0.489. The van der Waals surface area contributed by atoms with Crippen molar-refractivity contribution in [2.45, 2.75) is 25.8 Å². The fourth-order valence-electron chi connectivity index (χ4n) is 1.43. The van der Waals surface area contributed by atoms with Gasteiger partial charge < -0.3 is 5.73 Å². The molecule has 0 unspecified atom stereocenters. The zero-order chi connectivity index (χ0) is 10.6. The van der Waals surface area contributed by atoms with Gasteiger partial charge in [-0.05, 0) is 18.1 Å². The summed E-state index contributed by atoms with van der Waals surface area (Å²) < 4.78 is 13.2. The van der Waals surface area contributed by atoms with Crippen LogP contribution in [0.2, 0.25) is 0 Å². The quantitative estimate of drug-likeness (QED) is 0.799. The molecule has 2 N–H and O–H groups in total. The Morgan fingerprint density at radius 3 is 2.86 bits per heavy atom. The summed E-state index contributed by atoms with van der Waals surface area (Å²) in [7, 11) is 0. The highest BCUT2D eigenvalue weighted by Gasteiger charge is 2.13. The van der Waals surface area contributed by atoms with Gasteiger partial charge in [-0.25, -0.2) is 4.39 Å². The second-order valence-electron chi connectivity index (χ2n) is 3.21. The molecule has 0 heterocycles. The third-order valence-electron chi connectivity index (χ3n) is 2.16. The van der Waals surface area contributed by atoms with Crippen LogP contribution in [0, 0.1) is 17.1 Å². The number of hydrogen-bond acceptors (Lipinski definition) is 2. The molecule has 0 bridgehead atoms. The SMILES string of the molecule is CCC[C@@H](N)c1cccc(F)c1C#N. The number of nitriles is 1. The van der Waals surface area contributed by atoms with Crippen LogP contribution in [0.25, 0.3) is 0 Å². The summed E-state index contributed by atoms with van der Waals surface area (Å²) in [5, 5.41) is 8.77. The molecule has 3 heteroatoms. The van der Waals surface area contributed by atoms with Gasteiger partial charge in [0, 0.05) is 6.04 Å². The largest absolute Gasteiger partial charge is 0.324 e. The molecule has 14 heavy (non-hydrogen) atoms. The maximum atomic E-state index is 13.2. The monoisotopic (exact) mass is 192 g/mol. The van der Waals surface area contributed by atoms with E-state index in [1.807, 2.05) is 13.0 Å². The number of nitrogens with two attached hydrogens (primary N) is 1. The van der Waals surface area contributed by atoms with Gasteiger partial charge in [0.15, 0.2) is 0 Å². The van der Waals surface area contributed by atoms with E-state index in [1.54, 1.807) is 12.1 Å². The second kappa shape index (κ2) is 4.73. The van der Waals surface area contributed by atoms with E-state index in [0.717, 1.165) is 12.8 Å². The van der Waals surface area contributed by atoms with Crippen LogP contribution in [0.5, 0.6) is 0 Å². The lowest BCUT2D eigenvalue weighted by atomic mass is 9.98. The Bertz CT molecular complexity index is 355. The van der Waals surface area contributed by atoms with Gasteiger partial charge in [0.1, 0.15) is 11.9 Å². The Hall–Kier alpha value is -1.40. The molecule has 0 fully saturated rings.